The van der Waals surface area contributed by atoms with Crippen LogP contribution < -0.4 is 0 Å². The molecule has 1 heterocycles. The van der Waals surface area contributed by atoms with Gasteiger partial charge < -0.3 is 30.3 Å². The largest absolute Gasteiger partial charge is 0.394 e. The second-order valence-corrected chi connectivity index (χ2v) is 3.96. The monoisotopic (exact) mass is 223 g/mol. The summed E-state index contributed by atoms with van der Waals surface area (Å²) in [5, 5.41) is 47.5. The number of aliphatic hydroxyl groups excluding tert-OH is 4. The molecule has 1 rings (SSSR count). The van der Waals surface area contributed by atoms with Crippen molar-refractivity contribution in [1.82, 2.24) is 0 Å². The molecule has 5 N–H and O–H groups in total. The van der Waals surface area contributed by atoms with Crippen molar-refractivity contribution in [3.8, 4) is 0 Å². The van der Waals surface area contributed by atoms with E-state index < -0.39 is 42.7 Å². The maximum Gasteiger partial charge on any atom is 0.197 e. The number of aliphatic hydroxyl groups is 5. The molecule has 0 aliphatic carbocycles. The van der Waals surface area contributed by atoms with Crippen LogP contribution in [0.3, 0.4) is 0 Å². The Kier molecular flexibility index (Phi) is 3.24. The Morgan fingerprint density at radius 3 is 2.27 bits per heavy atom. The fraction of sp³-hybridized carbons (Fsp3) is 1.00. The fourth-order valence-corrected chi connectivity index (χ4v) is 1.57. The molecule has 0 saturated carbocycles. The van der Waals surface area contributed by atoms with Crippen molar-refractivity contribution in [3.05, 3.63) is 0 Å². The molecule has 5 atom stereocenters. The predicted molar refractivity (Wildman–Crippen MR) is 49.8 cm³/mol. The van der Waals surface area contributed by atoms with Gasteiger partial charge in [0, 0.05) is 7.26 Å². The Balaban J connectivity index is 3.04. The second-order valence-electron chi connectivity index (χ2n) is 3.96. The van der Waals surface area contributed by atoms with E-state index in [-0.39, 0.29) is 0 Å². The van der Waals surface area contributed by atoms with Crippen LogP contribution in [-0.4, -0.2) is 62.3 Å². The molecule has 0 spiro atoms. The van der Waals surface area contributed by atoms with Crippen molar-refractivity contribution >= 4 is 0 Å². The van der Waals surface area contributed by atoms with Crippen LogP contribution in [0.25, 0.3) is 0 Å². The van der Waals surface area contributed by atoms with E-state index in [9.17, 15) is 20.4 Å². The Morgan fingerprint density at radius 2 is 1.87 bits per heavy atom. The zero-order chi connectivity index (χ0) is 12.7. The van der Waals surface area contributed by atoms with E-state index in [1.807, 2.05) is 0 Å². The minimum Gasteiger partial charge on any atom is -0.394 e. The van der Waals surface area contributed by atoms with Gasteiger partial charge in [0.15, 0.2) is 5.79 Å². The minimum atomic E-state index is -2.35. The van der Waals surface area contributed by atoms with Crippen LogP contribution in [0.1, 0.15) is 15.2 Å². The van der Waals surface area contributed by atoms with Crippen LogP contribution in [0.5, 0.6) is 0 Å². The molecule has 0 bridgehead atoms. The standard InChI is InChI=1S/C9H18O6/c1-4(2)9(14)8(13)7(12)6(11)5(3-10)15-9/h4-8,10-14H,3H2,1-2H3/t5-,6+,7+,8-,9?/m1/s1/i4D. The average Bonchev–Trinajstić information content (AvgIpc) is 2.19. The zero-order valence-corrected chi connectivity index (χ0v) is 8.66. The molecular formula is C9H18O6. The SMILES string of the molecule is [2H]C(C)(C)C1(O)O[C@H](CO)[C@H](O)[C@H](O)[C@H]1O. The van der Waals surface area contributed by atoms with Crippen LogP contribution in [0.15, 0.2) is 0 Å². The van der Waals surface area contributed by atoms with Gasteiger partial charge in [0.25, 0.3) is 0 Å². The molecule has 90 valence electrons. The van der Waals surface area contributed by atoms with E-state index in [1.54, 1.807) is 0 Å². The Morgan fingerprint density at radius 1 is 1.33 bits per heavy atom. The molecule has 1 fully saturated rings. The first-order valence-electron chi connectivity index (χ1n) is 5.20. The van der Waals surface area contributed by atoms with Gasteiger partial charge in [-0.3, -0.25) is 0 Å². The molecule has 1 aliphatic rings. The molecule has 0 amide bonds. The molecule has 1 aliphatic heterocycles. The van der Waals surface area contributed by atoms with E-state index in [2.05, 4.69) is 0 Å². The molecule has 6 nitrogen and oxygen atoms in total. The van der Waals surface area contributed by atoms with Gasteiger partial charge >= 0.3 is 0 Å². The number of ether oxygens (including phenoxy) is 1. The lowest BCUT2D eigenvalue weighted by Gasteiger charge is -2.47. The van der Waals surface area contributed by atoms with Gasteiger partial charge in [-0.25, -0.2) is 0 Å². The summed E-state index contributed by atoms with van der Waals surface area (Å²) in [5.41, 5.74) is 0. The Labute approximate surface area is 89.1 Å². The first kappa shape index (κ1) is 11.3. The van der Waals surface area contributed by atoms with Crippen molar-refractivity contribution in [2.45, 2.75) is 44.1 Å². The summed E-state index contributed by atoms with van der Waals surface area (Å²) in [6.07, 6.45) is -6.26. The van der Waals surface area contributed by atoms with Gasteiger partial charge in [-0.05, 0) is 0 Å². The highest BCUT2D eigenvalue weighted by Gasteiger charge is 2.53. The summed E-state index contributed by atoms with van der Waals surface area (Å²) in [5.74, 6) is -3.97. The molecule has 0 aromatic heterocycles. The maximum atomic E-state index is 10.0. The first-order chi connectivity index (χ1) is 7.15. The van der Waals surface area contributed by atoms with Gasteiger partial charge in [-0.1, -0.05) is 13.8 Å². The molecule has 0 aromatic rings. The van der Waals surface area contributed by atoms with Crippen molar-refractivity contribution in [3.63, 3.8) is 0 Å². The average molecular weight is 223 g/mol. The highest BCUT2D eigenvalue weighted by atomic mass is 16.7. The summed E-state index contributed by atoms with van der Waals surface area (Å²) < 4.78 is 12.6. The first-order valence-corrected chi connectivity index (χ1v) is 4.70. The lowest BCUT2D eigenvalue weighted by Crippen LogP contribution is -2.67. The van der Waals surface area contributed by atoms with E-state index in [4.69, 9.17) is 11.2 Å². The van der Waals surface area contributed by atoms with Gasteiger partial charge in [0.05, 0.1) is 6.61 Å². The number of hydrogen-bond acceptors (Lipinski definition) is 6. The van der Waals surface area contributed by atoms with Crippen molar-refractivity contribution in [1.29, 1.82) is 0 Å². The van der Waals surface area contributed by atoms with Crippen molar-refractivity contribution < 1.29 is 31.6 Å². The second kappa shape index (κ2) is 4.32. The van der Waals surface area contributed by atoms with E-state index in [1.165, 1.54) is 13.8 Å². The third-order valence-corrected chi connectivity index (χ3v) is 2.68. The summed E-state index contributed by atoms with van der Waals surface area (Å²) in [6.45, 7) is 1.94. The third kappa shape index (κ3) is 2.01. The van der Waals surface area contributed by atoms with Crippen LogP contribution in [0, 0.1) is 5.89 Å². The predicted octanol–water partition coefficient (Wildman–Crippen LogP) is -2.20. The van der Waals surface area contributed by atoms with Gasteiger partial charge in [0.2, 0.25) is 0 Å². The highest BCUT2D eigenvalue weighted by Crippen LogP contribution is 2.33. The molecule has 1 unspecified atom stereocenters. The zero-order valence-electron chi connectivity index (χ0n) is 9.66. The van der Waals surface area contributed by atoms with Crippen molar-refractivity contribution in [2.24, 2.45) is 5.89 Å². The molecule has 0 radical (unpaired) electrons. The Bertz CT molecular complexity index is 253. The van der Waals surface area contributed by atoms with E-state index in [0.29, 0.717) is 0 Å². The van der Waals surface area contributed by atoms with Gasteiger partial charge in [-0.2, -0.15) is 0 Å². The van der Waals surface area contributed by atoms with Crippen molar-refractivity contribution in [2.75, 3.05) is 6.61 Å². The lowest BCUT2D eigenvalue weighted by molar-refractivity contribution is -0.364. The van der Waals surface area contributed by atoms with E-state index >= 15 is 0 Å². The smallest absolute Gasteiger partial charge is 0.197 e. The molecule has 15 heavy (non-hydrogen) atoms. The lowest BCUT2D eigenvalue weighted by atomic mass is 9.86. The Hall–Kier alpha value is -0.240. The highest BCUT2D eigenvalue weighted by molar-refractivity contribution is 4.97. The summed E-state index contributed by atoms with van der Waals surface area (Å²) >= 11 is 0. The molecule has 6 heteroatoms. The molecule has 1 saturated heterocycles. The van der Waals surface area contributed by atoms with E-state index in [0.717, 1.165) is 0 Å². The summed E-state index contributed by atoms with van der Waals surface area (Å²) in [4.78, 5) is 0. The van der Waals surface area contributed by atoms with Crippen LogP contribution in [0.2, 0.25) is 0 Å². The minimum absolute atomic E-state index is 0.636. The topological polar surface area (TPSA) is 110 Å². The summed E-state index contributed by atoms with van der Waals surface area (Å²) in [7, 11) is 0. The summed E-state index contributed by atoms with van der Waals surface area (Å²) in [6, 6.07) is 0. The maximum absolute atomic E-state index is 10.0. The quantitative estimate of drug-likeness (QED) is 0.363. The number of hydrogen-bond donors (Lipinski definition) is 5. The van der Waals surface area contributed by atoms with Gasteiger partial charge in [0.1, 0.15) is 24.4 Å². The third-order valence-electron chi connectivity index (χ3n) is 2.68. The van der Waals surface area contributed by atoms with Crippen LogP contribution in [-0.2, 0) is 4.74 Å². The van der Waals surface area contributed by atoms with Crippen LogP contribution in [0.4, 0.5) is 0 Å². The van der Waals surface area contributed by atoms with Gasteiger partial charge in [-0.15, -0.1) is 0 Å². The molecule has 0 aromatic carbocycles. The molecular weight excluding hydrogens is 204 g/mol. The normalized spacial score (nSPS) is 48.9. The van der Waals surface area contributed by atoms with Crippen LogP contribution >= 0.6 is 0 Å². The fourth-order valence-electron chi connectivity index (χ4n) is 1.57. The number of rotatable bonds is 2.